The molecule has 28 heavy (non-hydrogen) atoms. The first kappa shape index (κ1) is 20.3. The Balaban J connectivity index is 1.91. The first-order valence-corrected chi connectivity index (χ1v) is 10.8. The Morgan fingerprint density at radius 3 is 2.50 bits per heavy atom. The molecule has 9 heteroatoms. The molecule has 0 bridgehead atoms. The summed E-state index contributed by atoms with van der Waals surface area (Å²) < 4.78 is 35.8. The molecule has 0 fully saturated rings. The Morgan fingerprint density at radius 1 is 1.14 bits per heavy atom. The molecule has 0 unspecified atom stereocenters. The number of carbonyl (C=O) groups is 1. The Hall–Kier alpha value is -2.45. The molecule has 1 aliphatic rings. The molecule has 1 N–H and O–H groups in total. The van der Waals surface area contributed by atoms with E-state index in [1.165, 1.54) is 24.8 Å². The van der Waals surface area contributed by atoms with Gasteiger partial charge in [0.15, 0.2) is 0 Å². The number of ether oxygens (including phenoxy) is 2. The molecular weight excluding hydrogens is 404 g/mol. The summed E-state index contributed by atoms with van der Waals surface area (Å²) >= 11 is 6.09. The van der Waals surface area contributed by atoms with Gasteiger partial charge in [0.25, 0.3) is 5.91 Å². The van der Waals surface area contributed by atoms with Crippen molar-refractivity contribution in [2.45, 2.75) is 12.8 Å². The fourth-order valence-electron chi connectivity index (χ4n) is 3.20. The maximum atomic E-state index is 12.8. The fraction of sp³-hybridized carbons (Fsp3) is 0.316. The molecular formula is C19H21ClN2O5S. The van der Waals surface area contributed by atoms with Gasteiger partial charge < -0.3 is 14.8 Å². The van der Waals surface area contributed by atoms with Crippen LogP contribution in [0.1, 0.15) is 22.3 Å². The van der Waals surface area contributed by atoms with Gasteiger partial charge in [0.1, 0.15) is 11.5 Å². The highest BCUT2D eigenvalue weighted by molar-refractivity contribution is 7.92. The number of nitrogens with one attached hydrogen (secondary N) is 1. The lowest BCUT2D eigenvalue weighted by Crippen LogP contribution is -2.34. The minimum atomic E-state index is -3.35. The number of hydrogen-bond acceptors (Lipinski definition) is 5. The quantitative estimate of drug-likeness (QED) is 0.795. The number of aryl methyl sites for hydroxylation is 1. The molecule has 0 atom stereocenters. The van der Waals surface area contributed by atoms with E-state index < -0.39 is 10.0 Å². The molecule has 2 aromatic rings. The van der Waals surface area contributed by atoms with Gasteiger partial charge in [0.05, 0.1) is 36.9 Å². The molecule has 0 spiro atoms. The number of anilines is 2. The maximum Gasteiger partial charge on any atom is 0.255 e. The predicted octanol–water partition coefficient (Wildman–Crippen LogP) is 3.32. The summed E-state index contributed by atoms with van der Waals surface area (Å²) in [6, 6.07) is 8.15. The molecule has 3 rings (SSSR count). The minimum absolute atomic E-state index is 0.345. The summed E-state index contributed by atoms with van der Waals surface area (Å²) in [4.78, 5) is 12.8. The second kappa shape index (κ2) is 7.89. The van der Waals surface area contributed by atoms with Crippen LogP contribution in [0.2, 0.25) is 5.02 Å². The van der Waals surface area contributed by atoms with Crippen molar-refractivity contribution in [1.29, 1.82) is 0 Å². The first-order valence-electron chi connectivity index (χ1n) is 8.58. The lowest BCUT2D eigenvalue weighted by Gasteiger charge is -2.29. The maximum absolute atomic E-state index is 12.8. The molecule has 0 aromatic heterocycles. The van der Waals surface area contributed by atoms with Crippen LogP contribution in [-0.4, -0.2) is 41.3 Å². The van der Waals surface area contributed by atoms with E-state index in [-0.39, 0.29) is 5.91 Å². The average molecular weight is 425 g/mol. The van der Waals surface area contributed by atoms with Crippen molar-refractivity contribution in [1.82, 2.24) is 0 Å². The van der Waals surface area contributed by atoms with Crippen molar-refractivity contribution in [3.8, 4) is 11.5 Å². The van der Waals surface area contributed by atoms with E-state index in [0.29, 0.717) is 52.8 Å². The summed E-state index contributed by atoms with van der Waals surface area (Å²) in [5, 5.41) is 3.16. The van der Waals surface area contributed by atoms with E-state index in [9.17, 15) is 13.2 Å². The van der Waals surface area contributed by atoms with E-state index in [0.717, 1.165) is 5.56 Å². The number of nitrogens with zero attached hydrogens (tertiary/aromatic N) is 1. The van der Waals surface area contributed by atoms with E-state index in [1.54, 1.807) is 30.3 Å². The SMILES string of the molecule is COc1cc(NC(=O)c2ccc3c(c2)CCCN3S(C)(=O)=O)c(OC)cc1Cl. The van der Waals surface area contributed by atoms with E-state index in [4.69, 9.17) is 21.1 Å². The Labute approximate surface area is 169 Å². The summed E-state index contributed by atoms with van der Waals surface area (Å²) in [5.74, 6) is 0.467. The van der Waals surface area contributed by atoms with Crippen LogP contribution < -0.4 is 19.1 Å². The van der Waals surface area contributed by atoms with Crippen LogP contribution in [0.5, 0.6) is 11.5 Å². The van der Waals surface area contributed by atoms with E-state index in [1.807, 2.05) is 0 Å². The number of benzene rings is 2. The largest absolute Gasteiger partial charge is 0.495 e. The highest BCUT2D eigenvalue weighted by Gasteiger charge is 2.25. The molecule has 0 saturated heterocycles. The van der Waals surface area contributed by atoms with Gasteiger partial charge in [0, 0.05) is 24.2 Å². The summed E-state index contributed by atoms with van der Waals surface area (Å²) in [5.41, 5.74) is 2.29. The average Bonchev–Trinajstić information content (AvgIpc) is 2.67. The number of methoxy groups -OCH3 is 2. The molecule has 1 heterocycles. The third kappa shape index (κ3) is 4.02. The Bertz CT molecular complexity index is 1020. The van der Waals surface area contributed by atoms with Crippen molar-refractivity contribution in [3.05, 3.63) is 46.5 Å². The Kier molecular flexibility index (Phi) is 5.71. The summed E-state index contributed by atoms with van der Waals surface area (Å²) in [6.07, 6.45) is 2.59. The number of amides is 1. The van der Waals surface area contributed by atoms with Crippen LogP contribution in [0.25, 0.3) is 0 Å². The minimum Gasteiger partial charge on any atom is -0.495 e. The summed E-state index contributed by atoms with van der Waals surface area (Å²) in [6.45, 7) is 0.444. The van der Waals surface area contributed by atoms with Gasteiger partial charge in [-0.05, 0) is 36.6 Å². The number of fused-ring (bicyclic) bond motifs is 1. The number of hydrogen-bond donors (Lipinski definition) is 1. The zero-order valence-electron chi connectivity index (χ0n) is 15.8. The molecule has 2 aromatic carbocycles. The first-order chi connectivity index (χ1) is 13.2. The van der Waals surface area contributed by atoms with Crippen molar-refractivity contribution >= 4 is 38.9 Å². The predicted molar refractivity (Wildman–Crippen MR) is 109 cm³/mol. The number of rotatable bonds is 5. The van der Waals surface area contributed by atoms with Gasteiger partial charge in [-0.15, -0.1) is 0 Å². The monoisotopic (exact) mass is 424 g/mol. The third-order valence-electron chi connectivity index (χ3n) is 4.54. The van der Waals surface area contributed by atoms with Crippen molar-refractivity contribution in [2.24, 2.45) is 0 Å². The lowest BCUT2D eigenvalue weighted by atomic mass is 10.0. The van der Waals surface area contributed by atoms with E-state index >= 15 is 0 Å². The van der Waals surface area contributed by atoms with Gasteiger partial charge >= 0.3 is 0 Å². The standard InChI is InChI=1S/C19H21ClN2O5S/c1-26-17-11-15(18(27-2)10-14(17)20)21-19(23)13-6-7-16-12(9-13)5-4-8-22(16)28(3,24)25/h6-7,9-11H,4-5,8H2,1-3H3,(H,21,23). The molecule has 0 radical (unpaired) electrons. The third-order valence-corrected chi connectivity index (χ3v) is 6.02. The fourth-order valence-corrected chi connectivity index (χ4v) is 4.43. The van der Waals surface area contributed by atoms with Crippen molar-refractivity contribution in [3.63, 3.8) is 0 Å². The molecule has 0 aliphatic carbocycles. The van der Waals surface area contributed by atoms with Crippen molar-refractivity contribution < 1.29 is 22.7 Å². The smallest absolute Gasteiger partial charge is 0.255 e. The summed E-state index contributed by atoms with van der Waals surface area (Å²) in [7, 11) is -0.391. The number of carbonyl (C=O) groups excluding carboxylic acids is 1. The van der Waals surface area contributed by atoms with Crippen LogP contribution in [0.15, 0.2) is 30.3 Å². The van der Waals surface area contributed by atoms with Crippen LogP contribution in [-0.2, 0) is 16.4 Å². The van der Waals surface area contributed by atoms with Crippen molar-refractivity contribution in [2.75, 3.05) is 36.6 Å². The molecule has 1 amide bonds. The zero-order chi connectivity index (χ0) is 20.5. The van der Waals surface area contributed by atoms with E-state index in [2.05, 4.69) is 5.32 Å². The van der Waals surface area contributed by atoms with Crippen LogP contribution >= 0.6 is 11.6 Å². The van der Waals surface area contributed by atoms with Gasteiger partial charge in [-0.1, -0.05) is 11.6 Å². The molecule has 150 valence electrons. The van der Waals surface area contributed by atoms with Crippen LogP contribution in [0, 0.1) is 0 Å². The van der Waals surface area contributed by atoms with Crippen LogP contribution in [0.4, 0.5) is 11.4 Å². The second-order valence-corrected chi connectivity index (χ2v) is 8.74. The van der Waals surface area contributed by atoms with Gasteiger partial charge in [-0.25, -0.2) is 8.42 Å². The Morgan fingerprint density at radius 2 is 1.86 bits per heavy atom. The van der Waals surface area contributed by atoms with Gasteiger partial charge in [-0.2, -0.15) is 0 Å². The topological polar surface area (TPSA) is 84.9 Å². The molecule has 7 nitrogen and oxygen atoms in total. The zero-order valence-corrected chi connectivity index (χ0v) is 17.4. The lowest BCUT2D eigenvalue weighted by molar-refractivity contribution is 0.102. The molecule has 0 saturated carbocycles. The van der Waals surface area contributed by atoms with Crippen LogP contribution in [0.3, 0.4) is 0 Å². The van der Waals surface area contributed by atoms with Gasteiger partial charge in [-0.3, -0.25) is 9.10 Å². The highest BCUT2D eigenvalue weighted by Crippen LogP contribution is 2.36. The van der Waals surface area contributed by atoms with Gasteiger partial charge in [0.2, 0.25) is 10.0 Å². The second-order valence-electron chi connectivity index (χ2n) is 6.42. The number of halogens is 1. The number of sulfonamides is 1. The molecule has 1 aliphatic heterocycles. The highest BCUT2D eigenvalue weighted by atomic mass is 35.5. The normalized spacial score (nSPS) is 13.6.